The Morgan fingerprint density at radius 3 is 2.71 bits per heavy atom. The number of piperazine rings is 1. The molecule has 1 atom stereocenters. The Kier molecular flexibility index (Phi) is 4.55. The van der Waals surface area contributed by atoms with E-state index >= 15 is 0 Å². The topological polar surface area (TPSA) is 52.7 Å². The quantitative estimate of drug-likeness (QED) is 0.892. The van der Waals surface area contributed by atoms with Crippen molar-refractivity contribution in [3.05, 3.63) is 22.4 Å². The van der Waals surface area contributed by atoms with Crippen molar-refractivity contribution < 1.29 is 9.59 Å². The van der Waals surface area contributed by atoms with Crippen LogP contribution >= 0.6 is 11.3 Å². The lowest BCUT2D eigenvalue weighted by atomic mass is 10.00. The number of likely N-dealkylation sites (tertiary alicyclic amines) is 1. The standard InChI is InChI=1S/C15H21N3O2S/c19-14(17-9-6-16-7-10-17)12-4-1-2-8-18(12)15(20)13-5-3-11-21-13/h3,5,11-12,16H,1-2,4,6-10H2. The highest BCUT2D eigenvalue weighted by Gasteiger charge is 2.35. The van der Waals surface area contributed by atoms with E-state index in [2.05, 4.69) is 5.32 Å². The first kappa shape index (κ1) is 14.5. The Morgan fingerprint density at radius 1 is 1.19 bits per heavy atom. The first-order valence-corrected chi connectivity index (χ1v) is 8.49. The molecule has 1 N–H and O–H groups in total. The molecule has 3 heterocycles. The van der Waals surface area contributed by atoms with Crippen molar-refractivity contribution in [1.82, 2.24) is 15.1 Å². The maximum atomic E-state index is 12.7. The smallest absolute Gasteiger partial charge is 0.264 e. The molecule has 21 heavy (non-hydrogen) atoms. The van der Waals surface area contributed by atoms with Crippen LogP contribution in [0.4, 0.5) is 0 Å². The highest BCUT2D eigenvalue weighted by Crippen LogP contribution is 2.23. The molecule has 6 heteroatoms. The number of nitrogens with zero attached hydrogens (tertiary/aromatic N) is 2. The van der Waals surface area contributed by atoms with E-state index in [1.807, 2.05) is 22.4 Å². The van der Waals surface area contributed by atoms with Crippen LogP contribution in [0.15, 0.2) is 17.5 Å². The second kappa shape index (κ2) is 6.58. The van der Waals surface area contributed by atoms with Crippen molar-refractivity contribution in [1.29, 1.82) is 0 Å². The summed E-state index contributed by atoms with van der Waals surface area (Å²) in [6, 6.07) is 3.45. The van der Waals surface area contributed by atoms with Crippen LogP contribution in [-0.2, 0) is 4.79 Å². The van der Waals surface area contributed by atoms with E-state index in [1.54, 1.807) is 4.90 Å². The van der Waals surface area contributed by atoms with E-state index in [1.165, 1.54) is 11.3 Å². The zero-order chi connectivity index (χ0) is 14.7. The van der Waals surface area contributed by atoms with Gasteiger partial charge in [-0.05, 0) is 30.7 Å². The van der Waals surface area contributed by atoms with E-state index < -0.39 is 0 Å². The molecule has 2 saturated heterocycles. The molecule has 0 aromatic carbocycles. The van der Waals surface area contributed by atoms with Crippen molar-refractivity contribution in [2.75, 3.05) is 32.7 Å². The molecule has 0 bridgehead atoms. The highest BCUT2D eigenvalue weighted by molar-refractivity contribution is 7.12. The van der Waals surface area contributed by atoms with E-state index in [-0.39, 0.29) is 17.9 Å². The molecular formula is C15H21N3O2S. The van der Waals surface area contributed by atoms with Gasteiger partial charge in [-0.2, -0.15) is 0 Å². The monoisotopic (exact) mass is 307 g/mol. The summed E-state index contributed by atoms with van der Waals surface area (Å²) in [6.45, 7) is 3.88. The van der Waals surface area contributed by atoms with Crippen LogP contribution in [0.5, 0.6) is 0 Å². The van der Waals surface area contributed by atoms with Crippen LogP contribution in [0, 0.1) is 0 Å². The molecular weight excluding hydrogens is 286 g/mol. The predicted molar refractivity (Wildman–Crippen MR) is 82.4 cm³/mol. The fourth-order valence-corrected chi connectivity index (χ4v) is 3.75. The number of rotatable bonds is 2. The average molecular weight is 307 g/mol. The number of hydrogen-bond acceptors (Lipinski definition) is 4. The number of amides is 2. The SMILES string of the molecule is O=C(C1CCCCN1C(=O)c1cccs1)N1CCNCC1. The second-order valence-corrected chi connectivity index (χ2v) is 6.51. The summed E-state index contributed by atoms with van der Waals surface area (Å²) in [5, 5.41) is 5.16. The van der Waals surface area contributed by atoms with Gasteiger partial charge in [0.2, 0.25) is 5.91 Å². The van der Waals surface area contributed by atoms with Gasteiger partial charge in [-0.1, -0.05) is 6.07 Å². The van der Waals surface area contributed by atoms with E-state index in [9.17, 15) is 9.59 Å². The summed E-state index contributed by atoms with van der Waals surface area (Å²) in [6.07, 6.45) is 2.80. The summed E-state index contributed by atoms with van der Waals surface area (Å²) in [5.41, 5.74) is 0. The Bertz CT molecular complexity index is 497. The van der Waals surface area contributed by atoms with Gasteiger partial charge >= 0.3 is 0 Å². The summed E-state index contributed by atoms with van der Waals surface area (Å²) in [7, 11) is 0. The normalized spacial score (nSPS) is 23.1. The van der Waals surface area contributed by atoms with Gasteiger partial charge < -0.3 is 15.1 Å². The third-order valence-corrected chi connectivity index (χ3v) is 5.07. The summed E-state index contributed by atoms with van der Waals surface area (Å²) in [5.74, 6) is 0.138. The average Bonchev–Trinajstić information content (AvgIpc) is 3.09. The van der Waals surface area contributed by atoms with Crippen LogP contribution in [0.3, 0.4) is 0 Å². The Morgan fingerprint density at radius 2 is 2.00 bits per heavy atom. The largest absolute Gasteiger partial charge is 0.338 e. The van der Waals surface area contributed by atoms with Gasteiger partial charge in [0.25, 0.3) is 5.91 Å². The van der Waals surface area contributed by atoms with E-state index in [0.29, 0.717) is 6.54 Å². The summed E-state index contributed by atoms with van der Waals surface area (Å²) >= 11 is 1.45. The Labute approximate surface area is 128 Å². The first-order valence-electron chi connectivity index (χ1n) is 7.61. The number of piperidine rings is 1. The van der Waals surface area contributed by atoms with Crippen molar-refractivity contribution in [3.8, 4) is 0 Å². The molecule has 2 aliphatic rings. The number of hydrogen-bond donors (Lipinski definition) is 1. The van der Waals surface area contributed by atoms with E-state index in [0.717, 1.165) is 50.3 Å². The zero-order valence-electron chi connectivity index (χ0n) is 12.1. The maximum absolute atomic E-state index is 12.7. The fraction of sp³-hybridized carbons (Fsp3) is 0.600. The summed E-state index contributed by atoms with van der Waals surface area (Å²) in [4.78, 5) is 29.8. The number of carbonyl (C=O) groups is 2. The minimum Gasteiger partial charge on any atom is -0.338 e. The lowest BCUT2D eigenvalue weighted by Gasteiger charge is -2.38. The molecule has 2 fully saturated rings. The molecule has 3 rings (SSSR count). The van der Waals surface area contributed by atoms with Crippen LogP contribution < -0.4 is 5.32 Å². The van der Waals surface area contributed by atoms with Crippen LogP contribution in [0.2, 0.25) is 0 Å². The van der Waals surface area contributed by atoms with Crippen molar-refractivity contribution >= 4 is 23.2 Å². The van der Waals surface area contributed by atoms with Crippen molar-refractivity contribution in [2.24, 2.45) is 0 Å². The molecule has 2 amide bonds. The molecule has 0 radical (unpaired) electrons. The number of nitrogens with one attached hydrogen (secondary N) is 1. The number of carbonyl (C=O) groups excluding carboxylic acids is 2. The van der Waals surface area contributed by atoms with Crippen LogP contribution in [-0.4, -0.2) is 60.4 Å². The first-order chi connectivity index (χ1) is 10.3. The second-order valence-electron chi connectivity index (χ2n) is 5.56. The molecule has 0 aliphatic carbocycles. The van der Waals surface area contributed by atoms with Gasteiger partial charge in [0.05, 0.1) is 4.88 Å². The minimum atomic E-state index is -0.272. The third-order valence-electron chi connectivity index (χ3n) is 4.21. The number of thiophene rings is 1. The molecule has 0 spiro atoms. The van der Waals surface area contributed by atoms with Gasteiger partial charge in [-0.15, -0.1) is 11.3 Å². The van der Waals surface area contributed by atoms with Gasteiger partial charge in [0, 0.05) is 32.7 Å². The molecule has 2 aliphatic heterocycles. The van der Waals surface area contributed by atoms with Gasteiger partial charge in [0.1, 0.15) is 6.04 Å². The lowest BCUT2D eigenvalue weighted by Crippen LogP contribution is -2.56. The molecule has 0 saturated carbocycles. The van der Waals surface area contributed by atoms with Crippen LogP contribution in [0.25, 0.3) is 0 Å². The van der Waals surface area contributed by atoms with Gasteiger partial charge in [0.15, 0.2) is 0 Å². The molecule has 1 aromatic heterocycles. The van der Waals surface area contributed by atoms with Crippen molar-refractivity contribution in [3.63, 3.8) is 0 Å². The highest BCUT2D eigenvalue weighted by atomic mass is 32.1. The Balaban J connectivity index is 1.74. The minimum absolute atomic E-state index is 0.0122. The van der Waals surface area contributed by atoms with Gasteiger partial charge in [-0.3, -0.25) is 9.59 Å². The molecule has 1 aromatic rings. The zero-order valence-corrected chi connectivity index (χ0v) is 12.9. The fourth-order valence-electron chi connectivity index (χ4n) is 3.07. The maximum Gasteiger partial charge on any atom is 0.264 e. The molecule has 1 unspecified atom stereocenters. The third kappa shape index (κ3) is 3.11. The predicted octanol–water partition coefficient (Wildman–Crippen LogP) is 1.17. The van der Waals surface area contributed by atoms with E-state index in [4.69, 9.17) is 0 Å². The van der Waals surface area contributed by atoms with Crippen LogP contribution in [0.1, 0.15) is 28.9 Å². The molecule has 5 nitrogen and oxygen atoms in total. The summed E-state index contributed by atoms with van der Waals surface area (Å²) < 4.78 is 0. The Hall–Kier alpha value is -1.40. The van der Waals surface area contributed by atoms with Crippen molar-refractivity contribution in [2.45, 2.75) is 25.3 Å². The molecule has 114 valence electrons. The van der Waals surface area contributed by atoms with Gasteiger partial charge in [-0.25, -0.2) is 0 Å². The lowest BCUT2D eigenvalue weighted by molar-refractivity contribution is -0.137.